The molecule has 12 heavy (non-hydrogen) atoms. The first-order valence-corrected chi connectivity index (χ1v) is 3.91. The Balaban J connectivity index is -0.0000000178. The summed E-state index contributed by atoms with van der Waals surface area (Å²) in [4.78, 5) is 21.6. The Bertz CT molecular complexity index is 113. The van der Waals surface area contributed by atoms with Crippen molar-refractivity contribution in [1.82, 2.24) is 0 Å². The molecule has 0 fully saturated rings. The van der Waals surface area contributed by atoms with Crippen LogP contribution < -0.4 is 59.1 Å². The molecule has 0 amide bonds. The normalized spacial score (nSPS) is 11.2. The molecule has 0 saturated heterocycles. The first-order chi connectivity index (χ1) is 4.27. The molecule has 0 radical (unpaired) electrons. The van der Waals surface area contributed by atoms with Crippen LogP contribution in [0.15, 0.2) is 0 Å². The summed E-state index contributed by atoms with van der Waals surface area (Å²) in [5.41, 5.74) is 0. The summed E-state index contributed by atoms with van der Waals surface area (Å²) in [6, 6.07) is 0. The largest absolute Gasteiger partial charge is 1.00 e. The van der Waals surface area contributed by atoms with E-state index in [-0.39, 0.29) is 68.6 Å². The van der Waals surface area contributed by atoms with Crippen molar-refractivity contribution in [2.24, 2.45) is 0 Å². The fourth-order valence-electron chi connectivity index (χ4n) is 0. The van der Waals surface area contributed by atoms with Crippen LogP contribution in [0.3, 0.4) is 0 Å². The van der Waals surface area contributed by atoms with Crippen molar-refractivity contribution in [2.45, 2.75) is 13.0 Å². The maximum Gasteiger partial charge on any atom is 1.00 e. The molecule has 9 heteroatoms. The third-order valence-corrected chi connectivity index (χ3v) is 0.264. The second-order valence-electron chi connectivity index (χ2n) is 1.54. The van der Waals surface area contributed by atoms with Gasteiger partial charge in [0.2, 0.25) is 0 Å². The van der Waals surface area contributed by atoms with Gasteiger partial charge in [-0.3, -0.25) is 0 Å². The second kappa shape index (κ2) is 13.0. The zero-order valence-electron chi connectivity index (χ0n) is 9.38. The molecule has 0 bridgehead atoms. The minimum Gasteiger partial charge on any atom is -1.00 e. The number of hydrogen-bond acceptors (Lipinski definition) is 3. The Morgan fingerprint density at radius 3 is 1.42 bits per heavy atom. The molecule has 5 N–H and O–H groups in total. The molecule has 0 spiro atoms. The Labute approximate surface area is 118 Å². The topological polar surface area (TPSA) is 118 Å². The second-order valence-corrected chi connectivity index (χ2v) is 2.57. The van der Waals surface area contributed by atoms with Crippen molar-refractivity contribution in [2.75, 3.05) is 6.61 Å². The van der Waals surface area contributed by atoms with Gasteiger partial charge in [-0.25, -0.2) is 4.57 Å². The van der Waals surface area contributed by atoms with E-state index in [1.165, 1.54) is 6.92 Å². The van der Waals surface area contributed by atoms with Crippen molar-refractivity contribution in [3.8, 4) is 0 Å². The van der Waals surface area contributed by atoms with Crippen molar-refractivity contribution in [1.29, 1.82) is 0 Å². The van der Waals surface area contributed by atoms with E-state index >= 15 is 0 Å². The van der Waals surface area contributed by atoms with Gasteiger partial charge in [0.15, 0.2) is 0 Å². The Morgan fingerprint density at radius 1 is 1.33 bits per heavy atom. The average Bonchev–Trinajstić information content (AvgIpc) is 1.61. The minimum absolute atomic E-state index is 0. The average molecular weight is 222 g/mol. The third kappa shape index (κ3) is 90.1. The number of phosphoric acid groups is 1. The van der Waals surface area contributed by atoms with Crippen LogP contribution >= 0.6 is 7.82 Å². The summed E-state index contributed by atoms with van der Waals surface area (Å²) in [7, 11) is -4.64. The standard InChI is InChI=1S/C3H8O2.2Na.H3O4P.2H/c1-3(5)2-4;;;1-5(2,3)4;;/h3-5H,2H2,1H3;;;(H3,1,2,3,4);;/q;2*+1;;2*-1. The van der Waals surface area contributed by atoms with Gasteiger partial charge in [0.25, 0.3) is 0 Å². The molecule has 1 unspecified atom stereocenters. The molecular formula is C3H13Na2O6P. The predicted molar refractivity (Wildman–Crippen MR) is 35.3 cm³/mol. The zero-order chi connectivity index (χ0) is 8.78. The van der Waals surface area contributed by atoms with Crippen LogP contribution in [0, 0.1) is 0 Å². The maximum atomic E-state index is 8.88. The van der Waals surface area contributed by atoms with Gasteiger partial charge < -0.3 is 27.7 Å². The van der Waals surface area contributed by atoms with Gasteiger partial charge >= 0.3 is 66.9 Å². The molecular weight excluding hydrogens is 209 g/mol. The van der Waals surface area contributed by atoms with E-state index in [0.29, 0.717) is 0 Å². The summed E-state index contributed by atoms with van der Waals surface area (Å²) in [6.07, 6.45) is -0.560. The van der Waals surface area contributed by atoms with Crippen molar-refractivity contribution >= 4 is 7.82 Å². The zero-order valence-corrected chi connectivity index (χ0v) is 12.3. The van der Waals surface area contributed by atoms with Crippen LogP contribution in [0.5, 0.6) is 0 Å². The summed E-state index contributed by atoms with van der Waals surface area (Å²) < 4.78 is 8.88. The Hall–Kier alpha value is 2.03. The quantitative estimate of drug-likeness (QED) is 0.222. The van der Waals surface area contributed by atoms with Gasteiger partial charge in [-0.15, -0.1) is 0 Å². The molecule has 68 valence electrons. The molecule has 0 rings (SSSR count). The summed E-state index contributed by atoms with van der Waals surface area (Å²) in [6.45, 7) is 1.39. The van der Waals surface area contributed by atoms with E-state index < -0.39 is 13.9 Å². The third-order valence-electron chi connectivity index (χ3n) is 0.264. The Kier molecular flexibility index (Phi) is 25.7. The van der Waals surface area contributed by atoms with E-state index in [0.717, 1.165) is 0 Å². The van der Waals surface area contributed by atoms with E-state index in [4.69, 9.17) is 29.5 Å². The molecule has 0 aliphatic carbocycles. The molecule has 0 saturated carbocycles. The fraction of sp³-hybridized carbons (Fsp3) is 1.00. The van der Waals surface area contributed by atoms with E-state index in [1.54, 1.807) is 0 Å². The van der Waals surface area contributed by atoms with Crippen molar-refractivity contribution < 1.29 is 91.4 Å². The smallest absolute Gasteiger partial charge is 1.00 e. The summed E-state index contributed by atoms with van der Waals surface area (Å²) >= 11 is 0. The van der Waals surface area contributed by atoms with Crippen LogP contribution in [0.1, 0.15) is 9.78 Å². The number of aliphatic hydroxyl groups excluding tert-OH is 2. The molecule has 0 heterocycles. The minimum atomic E-state index is -4.64. The monoisotopic (exact) mass is 222 g/mol. The molecule has 0 aliphatic rings. The van der Waals surface area contributed by atoms with Crippen LogP contribution in [-0.4, -0.2) is 37.6 Å². The van der Waals surface area contributed by atoms with Crippen LogP contribution in [-0.2, 0) is 4.57 Å². The van der Waals surface area contributed by atoms with Gasteiger partial charge in [0.05, 0.1) is 12.7 Å². The fourth-order valence-corrected chi connectivity index (χ4v) is 0. The number of aliphatic hydroxyl groups is 2. The van der Waals surface area contributed by atoms with E-state index in [1.807, 2.05) is 0 Å². The van der Waals surface area contributed by atoms with Crippen molar-refractivity contribution in [3.05, 3.63) is 0 Å². The SMILES string of the molecule is CC(O)CO.O=P(O)(O)O.[H-].[H-].[Na+].[Na+]. The van der Waals surface area contributed by atoms with Gasteiger partial charge in [-0.1, -0.05) is 0 Å². The molecule has 0 aliphatic heterocycles. The van der Waals surface area contributed by atoms with Crippen LogP contribution in [0.2, 0.25) is 0 Å². The van der Waals surface area contributed by atoms with Gasteiger partial charge in [-0.2, -0.15) is 0 Å². The predicted octanol–water partition coefficient (Wildman–Crippen LogP) is -7.34. The number of rotatable bonds is 1. The van der Waals surface area contributed by atoms with Crippen LogP contribution in [0.25, 0.3) is 0 Å². The van der Waals surface area contributed by atoms with Gasteiger partial charge in [-0.05, 0) is 6.92 Å². The van der Waals surface area contributed by atoms with E-state index in [2.05, 4.69) is 0 Å². The van der Waals surface area contributed by atoms with Crippen molar-refractivity contribution in [3.63, 3.8) is 0 Å². The van der Waals surface area contributed by atoms with E-state index in [9.17, 15) is 0 Å². The summed E-state index contributed by atoms with van der Waals surface area (Å²) in [5.74, 6) is 0. The molecule has 0 aromatic carbocycles. The molecule has 0 aromatic rings. The first-order valence-electron chi connectivity index (χ1n) is 2.34. The van der Waals surface area contributed by atoms with Gasteiger partial charge in [0.1, 0.15) is 0 Å². The van der Waals surface area contributed by atoms with Gasteiger partial charge in [0, 0.05) is 0 Å². The number of hydrogen-bond donors (Lipinski definition) is 5. The summed E-state index contributed by atoms with van der Waals surface area (Å²) in [5, 5.41) is 16.0. The molecule has 1 atom stereocenters. The molecule has 6 nitrogen and oxygen atoms in total. The Morgan fingerprint density at radius 2 is 1.42 bits per heavy atom. The maximum absolute atomic E-state index is 8.88. The first kappa shape index (κ1) is 23.7. The van der Waals surface area contributed by atoms with Crippen LogP contribution in [0.4, 0.5) is 0 Å². The molecule has 0 aromatic heterocycles.